The van der Waals surface area contributed by atoms with Crippen molar-refractivity contribution < 1.29 is 18.5 Å². The molecule has 2 saturated carbocycles. The summed E-state index contributed by atoms with van der Waals surface area (Å²) in [5.74, 6) is 3.23. The van der Waals surface area contributed by atoms with Gasteiger partial charge < -0.3 is 13.7 Å². The number of nitrogens with zero attached hydrogens (tertiary/aromatic N) is 1. The van der Waals surface area contributed by atoms with Crippen molar-refractivity contribution >= 4 is 24.7 Å². The molecule has 1 unspecified atom stereocenters. The smallest absolute Gasteiger partial charge is 0.306 e. The highest BCUT2D eigenvalue weighted by atomic mass is 28.4. The first-order valence-electron chi connectivity index (χ1n) is 18.5. The van der Waals surface area contributed by atoms with Gasteiger partial charge in [-0.15, -0.1) is 0 Å². The molecule has 1 aromatic heterocycles. The lowest BCUT2D eigenvalue weighted by Gasteiger charge is -2.45. The Morgan fingerprint density at radius 2 is 1.44 bits per heavy atom. The highest BCUT2D eigenvalue weighted by Gasteiger charge is 2.51. The van der Waals surface area contributed by atoms with Crippen molar-refractivity contribution in [1.82, 2.24) is 5.16 Å². The number of hydrogen-bond acceptors (Lipinski definition) is 5. The van der Waals surface area contributed by atoms with Gasteiger partial charge in [-0.3, -0.25) is 4.79 Å². The highest BCUT2D eigenvalue weighted by molar-refractivity contribution is 6.99. The van der Waals surface area contributed by atoms with Crippen LogP contribution in [0.1, 0.15) is 149 Å². The highest BCUT2D eigenvalue weighted by Crippen LogP contribution is 2.53. The average molecular weight is 672 g/mol. The largest absolute Gasteiger partial charge is 0.460 e. The van der Waals surface area contributed by atoms with Crippen LogP contribution in [0.2, 0.25) is 5.04 Å². The second kappa shape index (κ2) is 14.3. The fourth-order valence-electron chi connectivity index (χ4n) is 8.14. The monoisotopic (exact) mass is 671 g/mol. The Morgan fingerprint density at radius 3 is 1.92 bits per heavy atom. The Kier molecular flexibility index (Phi) is 10.9. The van der Waals surface area contributed by atoms with Crippen molar-refractivity contribution in [3.05, 3.63) is 77.7 Å². The van der Waals surface area contributed by atoms with Crippen LogP contribution < -0.4 is 10.4 Å². The van der Waals surface area contributed by atoms with Crippen LogP contribution in [0.15, 0.2) is 65.2 Å². The molecule has 6 heteroatoms. The van der Waals surface area contributed by atoms with Crippen LogP contribution in [0.4, 0.5) is 0 Å². The third kappa shape index (κ3) is 8.53. The maximum atomic E-state index is 13.5. The molecule has 1 heterocycles. The minimum absolute atomic E-state index is 0.113. The lowest BCUT2D eigenvalue weighted by Crippen LogP contribution is -2.67. The van der Waals surface area contributed by atoms with Gasteiger partial charge in [-0.1, -0.05) is 114 Å². The van der Waals surface area contributed by atoms with Gasteiger partial charge in [0.2, 0.25) is 0 Å². The zero-order valence-corrected chi connectivity index (χ0v) is 32.4. The summed E-state index contributed by atoms with van der Waals surface area (Å²) in [6, 6.07) is 21.7. The minimum atomic E-state index is -2.72. The van der Waals surface area contributed by atoms with E-state index >= 15 is 0 Å². The summed E-state index contributed by atoms with van der Waals surface area (Å²) in [5.41, 5.74) is 1.50. The molecule has 0 radical (unpaired) electrons. The first-order chi connectivity index (χ1) is 22.5. The van der Waals surface area contributed by atoms with Gasteiger partial charge >= 0.3 is 5.97 Å². The van der Waals surface area contributed by atoms with E-state index in [1.807, 2.05) is 20.8 Å². The molecule has 2 aliphatic rings. The van der Waals surface area contributed by atoms with Crippen LogP contribution in [-0.2, 0) is 14.0 Å². The van der Waals surface area contributed by atoms with Crippen molar-refractivity contribution in [3.63, 3.8) is 0 Å². The van der Waals surface area contributed by atoms with Crippen LogP contribution in [0.3, 0.4) is 0 Å². The zero-order valence-electron chi connectivity index (χ0n) is 31.4. The number of carbonyl (C=O) groups excluding carboxylic acids is 1. The fraction of sp³-hybridized carbons (Fsp3) is 0.619. The molecule has 0 bridgehead atoms. The van der Waals surface area contributed by atoms with Crippen molar-refractivity contribution in [2.45, 2.75) is 143 Å². The molecular formula is C42H61NO4Si. The summed E-state index contributed by atoms with van der Waals surface area (Å²) in [6.07, 6.45) is 7.01. The molecule has 2 aromatic carbocycles. The predicted molar refractivity (Wildman–Crippen MR) is 199 cm³/mol. The van der Waals surface area contributed by atoms with Gasteiger partial charge in [0, 0.05) is 24.0 Å². The van der Waals surface area contributed by atoms with E-state index in [9.17, 15) is 4.79 Å². The van der Waals surface area contributed by atoms with E-state index in [1.54, 1.807) is 0 Å². The molecule has 48 heavy (non-hydrogen) atoms. The topological polar surface area (TPSA) is 61.6 Å². The predicted octanol–water partition coefficient (Wildman–Crippen LogP) is 9.90. The van der Waals surface area contributed by atoms with Crippen molar-refractivity contribution in [2.75, 3.05) is 6.61 Å². The van der Waals surface area contributed by atoms with E-state index in [2.05, 4.69) is 109 Å². The van der Waals surface area contributed by atoms with Gasteiger partial charge in [0.1, 0.15) is 11.4 Å². The summed E-state index contributed by atoms with van der Waals surface area (Å²) in [6.45, 7) is 22.6. The van der Waals surface area contributed by atoms with Crippen LogP contribution in [0.25, 0.3) is 0 Å². The molecular weight excluding hydrogens is 611 g/mol. The fourth-order valence-corrected chi connectivity index (χ4v) is 12.9. The molecule has 0 aliphatic heterocycles. The van der Waals surface area contributed by atoms with Gasteiger partial charge in [-0.2, -0.15) is 0 Å². The van der Waals surface area contributed by atoms with Crippen LogP contribution in [0.5, 0.6) is 0 Å². The molecule has 2 fully saturated rings. The number of rotatable bonds is 14. The molecule has 0 saturated heterocycles. The Hall–Kier alpha value is -2.70. The number of benzene rings is 2. The van der Waals surface area contributed by atoms with Crippen LogP contribution >= 0.6 is 0 Å². The van der Waals surface area contributed by atoms with E-state index in [1.165, 1.54) is 48.0 Å². The van der Waals surface area contributed by atoms with E-state index < -0.39 is 13.9 Å². The third-order valence-corrected chi connectivity index (χ3v) is 15.3. The second-order valence-corrected chi connectivity index (χ2v) is 22.4. The standard InChI is InChI=1S/C42H61NO4Si/c1-29(2)23-30-24-32(25-30)39-37(31-21-22-31)38(43-47-39)33(26-36(44)46-40(3,4)5)27-42(9,10)28-45-48(41(6,7)8,34-17-13-11-14-18-34)35-19-15-12-16-20-35/h11-20,29-33H,21-28H2,1-10H3. The molecule has 0 spiro atoms. The number of esters is 1. The van der Waals surface area contributed by atoms with Crippen molar-refractivity contribution in [1.29, 1.82) is 0 Å². The molecule has 1 atom stereocenters. The first-order valence-corrected chi connectivity index (χ1v) is 20.4. The lowest BCUT2D eigenvalue weighted by molar-refractivity contribution is -0.155. The Labute approximate surface area is 291 Å². The Morgan fingerprint density at radius 1 is 0.875 bits per heavy atom. The van der Waals surface area contributed by atoms with Crippen molar-refractivity contribution in [3.8, 4) is 0 Å². The quantitative estimate of drug-likeness (QED) is 0.126. The number of carbonyl (C=O) groups is 1. The number of hydrogen-bond donors (Lipinski definition) is 0. The minimum Gasteiger partial charge on any atom is -0.460 e. The van der Waals surface area contributed by atoms with Crippen molar-refractivity contribution in [2.24, 2.45) is 17.3 Å². The first kappa shape index (κ1) is 36.6. The molecule has 2 aliphatic carbocycles. The van der Waals surface area contributed by atoms with Crippen LogP contribution in [0, 0.1) is 17.3 Å². The SMILES string of the molecule is CC(C)CC1CC(c2onc(C(CC(=O)OC(C)(C)C)CC(C)(C)CO[Si](c3ccccc3)(c3ccccc3)C(C)(C)C)c2C2CC2)C1. The maximum absolute atomic E-state index is 13.5. The molecule has 3 aromatic rings. The van der Waals surface area contributed by atoms with Crippen LogP contribution in [-0.4, -0.2) is 31.7 Å². The number of aromatic nitrogens is 1. The Bertz CT molecular complexity index is 1450. The van der Waals surface area contributed by atoms with Gasteiger partial charge in [-0.25, -0.2) is 0 Å². The van der Waals surface area contributed by atoms with Gasteiger partial charge in [-0.05, 0) is 97.9 Å². The van der Waals surface area contributed by atoms with Gasteiger partial charge in [0.15, 0.2) is 0 Å². The second-order valence-electron chi connectivity index (χ2n) is 18.1. The number of ether oxygens (including phenoxy) is 1. The molecule has 0 N–H and O–H groups in total. The summed E-state index contributed by atoms with van der Waals surface area (Å²) in [5, 5.41) is 7.27. The van der Waals surface area contributed by atoms with E-state index in [4.69, 9.17) is 18.8 Å². The molecule has 5 nitrogen and oxygen atoms in total. The molecule has 0 amide bonds. The third-order valence-electron chi connectivity index (χ3n) is 10.3. The summed E-state index contributed by atoms with van der Waals surface area (Å²) < 4.78 is 19.6. The lowest BCUT2D eigenvalue weighted by atomic mass is 9.69. The summed E-state index contributed by atoms with van der Waals surface area (Å²) in [4.78, 5) is 13.5. The molecule has 262 valence electrons. The summed E-state index contributed by atoms with van der Waals surface area (Å²) >= 11 is 0. The maximum Gasteiger partial charge on any atom is 0.306 e. The Balaban J connectivity index is 1.46. The average Bonchev–Trinajstić information content (AvgIpc) is 3.72. The summed E-state index contributed by atoms with van der Waals surface area (Å²) in [7, 11) is -2.72. The van der Waals surface area contributed by atoms with E-state index in [-0.39, 0.29) is 28.8 Å². The normalized spacial score (nSPS) is 19.6. The molecule has 5 rings (SSSR count). The zero-order chi connectivity index (χ0) is 34.9. The van der Waals surface area contributed by atoms with Gasteiger partial charge in [0.25, 0.3) is 8.32 Å². The van der Waals surface area contributed by atoms with E-state index in [0.29, 0.717) is 18.4 Å². The van der Waals surface area contributed by atoms with E-state index in [0.717, 1.165) is 29.7 Å². The van der Waals surface area contributed by atoms with Gasteiger partial charge in [0.05, 0.1) is 12.1 Å².